The van der Waals surface area contributed by atoms with Crippen LogP contribution in [-0.2, 0) is 9.59 Å². The third-order valence-corrected chi connectivity index (χ3v) is 5.42. The number of carbonyl (C=O) groups is 3. The van der Waals surface area contributed by atoms with Crippen LogP contribution < -0.4 is 10.6 Å². The highest BCUT2D eigenvalue weighted by Crippen LogP contribution is 2.21. The van der Waals surface area contributed by atoms with E-state index in [1.807, 2.05) is 66.2 Å². The summed E-state index contributed by atoms with van der Waals surface area (Å²) in [6, 6.07) is 17.7. The Bertz CT molecular complexity index is 1420. The molecule has 1 saturated heterocycles. The Kier molecular flexibility index (Phi) is 5.63. The second-order valence-electron chi connectivity index (χ2n) is 7.88. The van der Waals surface area contributed by atoms with Crippen molar-refractivity contribution in [3.63, 3.8) is 0 Å². The average Bonchev–Trinajstić information content (AvgIpc) is 3.60. The maximum Gasteiger partial charge on any atom is 0.329 e. The van der Waals surface area contributed by atoms with Crippen LogP contribution in [0.3, 0.4) is 0 Å². The molecule has 1 fully saturated rings. The molecule has 5 rings (SSSR count). The van der Waals surface area contributed by atoms with E-state index < -0.39 is 24.4 Å². The Balaban J connectivity index is 1.31. The number of nitrogens with one attached hydrogen (secondary N) is 3. The van der Waals surface area contributed by atoms with Gasteiger partial charge in [-0.05, 0) is 66.7 Å². The van der Waals surface area contributed by atoms with Crippen LogP contribution in [0.25, 0.3) is 23.2 Å². The van der Waals surface area contributed by atoms with Gasteiger partial charge in [0.25, 0.3) is 5.91 Å². The lowest BCUT2D eigenvalue weighted by atomic mass is 10.2. The molecule has 1 aliphatic heterocycles. The number of aromatic nitrogens is 5. The summed E-state index contributed by atoms with van der Waals surface area (Å²) in [7, 11) is 0. The van der Waals surface area contributed by atoms with Gasteiger partial charge in [0.15, 0.2) is 0 Å². The van der Waals surface area contributed by atoms with Crippen LogP contribution in [0.5, 0.6) is 0 Å². The van der Waals surface area contributed by atoms with Crippen molar-refractivity contribution in [1.82, 2.24) is 35.4 Å². The van der Waals surface area contributed by atoms with Gasteiger partial charge in [-0.2, -0.15) is 5.21 Å². The fourth-order valence-corrected chi connectivity index (χ4v) is 3.65. The molecule has 1 aliphatic rings. The van der Waals surface area contributed by atoms with Crippen molar-refractivity contribution in [3.05, 3.63) is 83.8 Å². The number of H-pyrrole nitrogens is 1. The number of aromatic amines is 1. The molecule has 0 atom stereocenters. The van der Waals surface area contributed by atoms with Gasteiger partial charge in [0.2, 0.25) is 11.7 Å². The van der Waals surface area contributed by atoms with Crippen molar-refractivity contribution < 1.29 is 14.4 Å². The number of aryl methyl sites for hydroxylation is 1. The van der Waals surface area contributed by atoms with Crippen LogP contribution in [-0.4, -0.2) is 54.5 Å². The number of amides is 4. The molecule has 0 radical (unpaired) electrons. The molecule has 0 spiro atoms. The van der Waals surface area contributed by atoms with Crippen LogP contribution in [0.15, 0.2) is 72.6 Å². The lowest BCUT2D eigenvalue weighted by molar-refractivity contribution is -0.127. The van der Waals surface area contributed by atoms with Gasteiger partial charge in [-0.25, -0.2) is 9.69 Å². The van der Waals surface area contributed by atoms with Crippen molar-refractivity contribution in [1.29, 1.82) is 0 Å². The fraction of sp³-hybridized carbons (Fsp3) is 0.0833. The monoisotopic (exact) mass is 468 g/mol. The molecule has 0 aliphatic carbocycles. The minimum Gasteiger partial charge on any atom is -0.325 e. The van der Waals surface area contributed by atoms with E-state index in [-0.39, 0.29) is 5.70 Å². The molecule has 3 heterocycles. The largest absolute Gasteiger partial charge is 0.329 e. The van der Waals surface area contributed by atoms with Crippen LogP contribution >= 0.6 is 0 Å². The molecular weight excluding hydrogens is 448 g/mol. The maximum atomic E-state index is 12.9. The van der Waals surface area contributed by atoms with E-state index in [9.17, 15) is 14.4 Å². The number of anilines is 1. The normalized spacial score (nSPS) is 14.4. The van der Waals surface area contributed by atoms with Gasteiger partial charge in [0, 0.05) is 28.8 Å². The van der Waals surface area contributed by atoms with Gasteiger partial charge in [-0.3, -0.25) is 9.59 Å². The van der Waals surface area contributed by atoms with Gasteiger partial charge in [0.05, 0.1) is 0 Å². The Morgan fingerprint density at radius 1 is 1.06 bits per heavy atom. The van der Waals surface area contributed by atoms with Crippen molar-refractivity contribution in [2.24, 2.45) is 0 Å². The Labute approximate surface area is 199 Å². The smallest absolute Gasteiger partial charge is 0.325 e. The van der Waals surface area contributed by atoms with Crippen LogP contribution in [0.2, 0.25) is 0 Å². The first-order chi connectivity index (χ1) is 17.0. The van der Waals surface area contributed by atoms with Crippen molar-refractivity contribution >= 4 is 29.6 Å². The number of rotatable bonds is 6. The van der Waals surface area contributed by atoms with Crippen LogP contribution in [0.4, 0.5) is 10.5 Å². The number of urea groups is 1. The summed E-state index contributed by atoms with van der Waals surface area (Å²) in [6.07, 6.45) is 3.41. The van der Waals surface area contributed by atoms with E-state index in [2.05, 4.69) is 31.3 Å². The Morgan fingerprint density at radius 3 is 2.54 bits per heavy atom. The molecule has 4 amide bonds. The third kappa shape index (κ3) is 4.55. The van der Waals surface area contributed by atoms with Gasteiger partial charge in [-0.1, -0.05) is 17.7 Å². The molecule has 2 aromatic carbocycles. The van der Waals surface area contributed by atoms with Gasteiger partial charge < -0.3 is 15.2 Å². The Hall–Kier alpha value is -5.06. The zero-order valence-electron chi connectivity index (χ0n) is 18.6. The highest BCUT2D eigenvalue weighted by Gasteiger charge is 2.35. The van der Waals surface area contributed by atoms with E-state index in [1.165, 1.54) is 0 Å². The number of benzene rings is 2. The highest BCUT2D eigenvalue weighted by atomic mass is 16.2. The van der Waals surface area contributed by atoms with Gasteiger partial charge >= 0.3 is 6.03 Å². The zero-order chi connectivity index (χ0) is 24.4. The predicted molar refractivity (Wildman–Crippen MR) is 127 cm³/mol. The SMILES string of the molecule is Cc1ccc(NC(=O)CN2C(=O)N/C(=C\c3cccn3-c3ccc(-c4nn[nH]n4)cc3)C2=O)cc1. The Morgan fingerprint density at radius 2 is 1.83 bits per heavy atom. The van der Waals surface area contributed by atoms with Crippen molar-refractivity contribution in [2.45, 2.75) is 6.92 Å². The molecule has 0 bridgehead atoms. The summed E-state index contributed by atoms with van der Waals surface area (Å²) >= 11 is 0. The van der Waals surface area contributed by atoms with Gasteiger partial charge in [-0.15, -0.1) is 10.2 Å². The van der Waals surface area contributed by atoms with Crippen LogP contribution in [0.1, 0.15) is 11.3 Å². The van der Waals surface area contributed by atoms with Gasteiger partial charge in [0.1, 0.15) is 12.2 Å². The van der Waals surface area contributed by atoms with Crippen molar-refractivity contribution in [3.8, 4) is 17.1 Å². The minimum absolute atomic E-state index is 0.0847. The molecule has 35 heavy (non-hydrogen) atoms. The molecule has 11 heteroatoms. The first-order valence-electron chi connectivity index (χ1n) is 10.7. The number of carbonyl (C=O) groups excluding carboxylic acids is 3. The maximum absolute atomic E-state index is 12.9. The lowest BCUT2D eigenvalue weighted by Crippen LogP contribution is -2.38. The first kappa shape index (κ1) is 21.8. The van der Waals surface area contributed by atoms with Crippen molar-refractivity contribution in [2.75, 3.05) is 11.9 Å². The lowest BCUT2D eigenvalue weighted by Gasteiger charge is -2.12. The molecular formula is C24H20N8O3. The van der Waals surface area contributed by atoms with E-state index >= 15 is 0 Å². The summed E-state index contributed by atoms with van der Waals surface area (Å²) in [5, 5.41) is 19.1. The van der Waals surface area contributed by atoms with E-state index in [4.69, 9.17) is 0 Å². The molecule has 3 N–H and O–H groups in total. The number of hydrogen-bond donors (Lipinski definition) is 3. The number of nitrogens with zero attached hydrogens (tertiary/aromatic N) is 5. The predicted octanol–water partition coefficient (Wildman–Crippen LogP) is 2.50. The molecule has 11 nitrogen and oxygen atoms in total. The zero-order valence-corrected chi connectivity index (χ0v) is 18.6. The molecule has 0 saturated carbocycles. The standard InChI is InChI=1S/C24H20N8O3/c1-15-4-8-17(9-5-15)25-21(33)14-32-23(34)20(26-24(32)35)13-19-3-2-12-31(19)18-10-6-16(7-11-18)22-27-29-30-28-22/h2-13H,14H2,1H3,(H,25,33)(H,26,35)(H,27,28,29,30)/b20-13-. The molecule has 0 unspecified atom stereocenters. The van der Waals surface area contributed by atoms with E-state index in [0.717, 1.165) is 21.7 Å². The summed E-state index contributed by atoms with van der Waals surface area (Å²) in [6.45, 7) is 1.54. The van der Waals surface area contributed by atoms with Crippen LogP contribution in [0, 0.1) is 6.92 Å². The first-order valence-corrected chi connectivity index (χ1v) is 10.7. The van der Waals surface area contributed by atoms with E-state index in [1.54, 1.807) is 18.2 Å². The summed E-state index contributed by atoms with van der Waals surface area (Å²) in [4.78, 5) is 38.5. The highest BCUT2D eigenvalue weighted by molar-refractivity contribution is 6.15. The fourth-order valence-electron chi connectivity index (χ4n) is 3.65. The molecule has 4 aromatic rings. The average molecular weight is 468 g/mol. The quantitative estimate of drug-likeness (QED) is 0.294. The third-order valence-electron chi connectivity index (χ3n) is 5.42. The topological polar surface area (TPSA) is 138 Å². The van der Waals surface area contributed by atoms with E-state index in [0.29, 0.717) is 17.2 Å². The number of tetrazole rings is 1. The summed E-state index contributed by atoms with van der Waals surface area (Å²) in [5.74, 6) is -0.560. The minimum atomic E-state index is -0.650. The second-order valence-corrected chi connectivity index (χ2v) is 7.88. The number of imide groups is 1. The number of hydrogen-bond acceptors (Lipinski definition) is 6. The second kappa shape index (κ2) is 9.06. The summed E-state index contributed by atoms with van der Waals surface area (Å²) < 4.78 is 1.86. The summed E-state index contributed by atoms with van der Waals surface area (Å²) in [5.41, 5.74) is 4.03. The molecule has 174 valence electrons. The molecule has 2 aromatic heterocycles.